The number of hydrogen-bond donors (Lipinski definition) is 1. The number of aliphatic carboxylic acids is 1. The lowest BCUT2D eigenvalue weighted by Gasteiger charge is -2.30. The molecule has 170 valence electrons. The van der Waals surface area contributed by atoms with Gasteiger partial charge in [0.25, 0.3) is 0 Å². The average molecular weight is 454 g/mol. The molecule has 0 aromatic carbocycles. The molecule has 1 aliphatic rings. The summed E-state index contributed by atoms with van der Waals surface area (Å²) in [6.45, 7) is 10.1. The molecule has 32 heavy (non-hydrogen) atoms. The fourth-order valence-corrected chi connectivity index (χ4v) is 5.69. The Labute approximate surface area is 192 Å². The van der Waals surface area contributed by atoms with Gasteiger partial charge in [-0.05, 0) is 61.4 Å². The summed E-state index contributed by atoms with van der Waals surface area (Å²) in [4.78, 5) is 33.4. The summed E-state index contributed by atoms with van der Waals surface area (Å²) < 4.78 is 2.28. The Morgan fingerprint density at radius 2 is 2.06 bits per heavy atom. The second kappa shape index (κ2) is 8.70. The standard InChI is InChI=1S/C25H31N3O3S/c1-16-12-18(17(2)32-16)14-28-21-15-27(22(29)7-9-25(3,4)13-23(30)31)11-8-19(21)20-6-5-10-26-24(20)28/h5-6,10,12H,7-9,11,13-15H2,1-4H3,(H,30,31). The van der Waals surface area contributed by atoms with Crippen LogP contribution in [-0.4, -0.2) is 38.0 Å². The summed E-state index contributed by atoms with van der Waals surface area (Å²) >= 11 is 1.81. The van der Waals surface area contributed by atoms with E-state index in [2.05, 4.69) is 30.5 Å². The van der Waals surface area contributed by atoms with Gasteiger partial charge in [-0.25, -0.2) is 4.98 Å². The van der Waals surface area contributed by atoms with Gasteiger partial charge in [0.1, 0.15) is 5.65 Å². The number of carbonyl (C=O) groups is 2. The predicted octanol–water partition coefficient (Wildman–Crippen LogP) is 4.93. The van der Waals surface area contributed by atoms with E-state index in [-0.39, 0.29) is 12.3 Å². The predicted molar refractivity (Wildman–Crippen MR) is 127 cm³/mol. The van der Waals surface area contributed by atoms with Crippen LogP contribution >= 0.6 is 11.3 Å². The van der Waals surface area contributed by atoms with Crippen LogP contribution in [0, 0.1) is 19.3 Å². The third-order valence-electron chi connectivity index (χ3n) is 6.48. The lowest BCUT2D eigenvalue weighted by Crippen LogP contribution is -2.37. The zero-order valence-corrected chi connectivity index (χ0v) is 20.1. The number of carboxylic acids is 1. The molecule has 4 heterocycles. The first-order chi connectivity index (χ1) is 15.1. The van der Waals surface area contributed by atoms with Gasteiger partial charge in [0.05, 0.1) is 19.5 Å². The highest BCUT2D eigenvalue weighted by Crippen LogP contribution is 2.33. The molecule has 0 unspecified atom stereocenters. The third kappa shape index (κ3) is 4.58. The lowest BCUT2D eigenvalue weighted by molar-refractivity contribution is -0.140. The van der Waals surface area contributed by atoms with Crippen molar-refractivity contribution in [2.75, 3.05) is 6.54 Å². The maximum absolute atomic E-state index is 13.0. The summed E-state index contributed by atoms with van der Waals surface area (Å²) in [6, 6.07) is 6.36. The zero-order valence-electron chi connectivity index (χ0n) is 19.3. The van der Waals surface area contributed by atoms with Gasteiger partial charge in [-0.1, -0.05) is 13.8 Å². The second-order valence-corrected chi connectivity index (χ2v) is 11.1. The minimum Gasteiger partial charge on any atom is -0.481 e. The van der Waals surface area contributed by atoms with Crippen LogP contribution in [0.2, 0.25) is 0 Å². The number of amides is 1. The molecular formula is C25H31N3O3S. The van der Waals surface area contributed by atoms with E-state index in [9.17, 15) is 9.59 Å². The summed E-state index contributed by atoms with van der Waals surface area (Å²) in [7, 11) is 0. The highest BCUT2D eigenvalue weighted by Gasteiger charge is 2.29. The molecule has 1 amide bonds. The van der Waals surface area contributed by atoms with Crippen molar-refractivity contribution in [2.24, 2.45) is 5.41 Å². The van der Waals surface area contributed by atoms with Gasteiger partial charge in [-0.3, -0.25) is 9.59 Å². The van der Waals surface area contributed by atoms with Gasteiger partial charge in [0.2, 0.25) is 5.91 Å². The van der Waals surface area contributed by atoms with Crippen LogP contribution < -0.4 is 0 Å². The fourth-order valence-electron chi connectivity index (χ4n) is 4.76. The molecule has 0 fully saturated rings. The van der Waals surface area contributed by atoms with Gasteiger partial charge in [-0.2, -0.15) is 0 Å². The van der Waals surface area contributed by atoms with Crippen LogP contribution in [0.25, 0.3) is 11.0 Å². The molecule has 0 spiro atoms. The summed E-state index contributed by atoms with van der Waals surface area (Å²) in [5.74, 6) is -0.720. The number of nitrogens with zero attached hydrogens (tertiary/aromatic N) is 3. The van der Waals surface area contributed by atoms with E-state index in [1.54, 1.807) is 0 Å². The summed E-state index contributed by atoms with van der Waals surface area (Å²) in [5.41, 5.74) is 4.36. The van der Waals surface area contributed by atoms with Crippen molar-refractivity contribution < 1.29 is 14.7 Å². The number of thiophene rings is 1. The van der Waals surface area contributed by atoms with E-state index in [0.717, 1.165) is 18.6 Å². The second-order valence-electron chi connectivity index (χ2n) is 9.62. The first-order valence-corrected chi connectivity index (χ1v) is 12.0. The Morgan fingerprint density at radius 1 is 1.28 bits per heavy atom. The molecule has 4 rings (SSSR count). The quantitative estimate of drug-likeness (QED) is 0.550. The summed E-state index contributed by atoms with van der Waals surface area (Å²) in [5, 5.41) is 10.3. The molecule has 1 aliphatic heterocycles. The van der Waals surface area contributed by atoms with Crippen LogP contribution in [0.5, 0.6) is 0 Å². The molecule has 0 atom stereocenters. The fraction of sp³-hybridized carbons (Fsp3) is 0.480. The molecule has 0 bridgehead atoms. The van der Waals surface area contributed by atoms with Gasteiger partial charge in [-0.15, -0.1) is 11.3 Å². The minimum absolute atomic E-state index is 0.0732. The molecule has 0 saturated heterocycles. The van der Waals surface area contributed by atoms with Crippen LogP contribution in [0.3, 0.4) is 0 Å². The van der Waals surface area contributed by atoms with E-state index in [0.29, 0.717) is 25.9 Å². The van der Waals surface area contributed by atoms with Crippen LogP contribution in [0.15, 0.2) is 24.4 Å². The Morgan fingerprint density at radius 3 is 2.75 bits per heavy atom. The Hall–Kier alpha value is -2.67. The topological polar surface area (TPSA) is 75.4 Å². The number of carboxylic acid groups (broad SMARTS) is 1. The smallest absolute Gasteiger partial charge is 0.303 e. The molecule has 0 aliphatic carbocycles. The molecule has 3 aromatic heterocycles. The largest absolute Gasteiger partial charge is 0.481 e. The van der Waals surface area contributed by atoms with Crippen LogP contribution in [-0.2, 0) is 29.1 Å². The van der Waals surface area contributed by atoms with E-state index in [1.165, 1.54) is 32.0 Å². The van der Waals surface area contributed by atoms with Crippen molar-refractivity contribution in [1.82, 2.24) is 14.5 Å². The molecule has 0 saturated carbocycles. The van der Waals surface area contributed by atoms with Crippen molar-refractivity contribution in [3.05, 3.63) is 51.0 Å². The normalized spacial score (nSPS) is 14.1. The van der Waals surface area contributed by atoms with E-state index >= 15 is 0 Å². The highest BCUT2D eigenvalue weighted by atomic mass is 32.1. The molecule has 3 aromatic rings. The number of aryl methyl sites for hydroxylation is 2. The van der Waals surface area contributed by atoms with Crippen molar-refractivity contribution in [3.63, 3.8) is 0 Å². The number of hydrogen-bond acceptors (Lipinski definition) is 4. The number of rotatable bonds is 7. The van der Waals surface area contributed by atoms with Crippen molar-refractivity contribution in [3.8, 4) is 0 Å². The van der Waals surface area contributed by atoms with E-state index < -0.39 is 11.4 Å². The number of aromatic nitrogens is 2. The monoisotopic (exact) mass is 453 g/mol. The first kappa shape index (κ1) is 22.5. The van der Waals surface area contributed by atoms with Crippen LogP contribution in [0.4, 0.5) is 0 Å². The Balaban J connectivity index is 1.59. The SMILES string of the molecule is Cc1cc(Cn2c3c(c4cccnc42)CCN(C(=O)CCC(C)(C)CC(=O)O)C3)c(C)s1. The third-order valence-corrected chi connectivity index (χ3v) is 7.49. The average Bonchev–Trinajstić information content (AvgIpc) is 3.21. The van der Waals surface area contributed by atoms with Crippen molar-refractivity contribution in [2.45, 2.75) is 66.5 Å². The minimum atomic E-state index is -0.818. The van der Waals surface area contributed by atoms with Gasteiger partial charge < -0.3 is 14.6 Å². The van der Waals surface area contributed by atoms with E-state index in [1.807, 2.05) is 42.3 Å². The molecule has 0 radical (unpaired) electrons. The Bertz CT molecular complexity index is 1170. The molecule has 6 nitrogen and oxygen atoms in total. The molecule has 1 N–H and O–H groups in total. The van der Waals surface area contributed by atoms with Crippen molar-refractivity contribution >= 4 is 34.2 Å². The maximum Gasteiger partial charge on any atom is 0.303 e. The molecule has 7 heteroatoms. The number of pyridine rings is 1. The maximum atomic E-state index is 13.0. The number of carbonyl (C=O) groups excluding carboxylic acids is 1. The van der Waals surface area contributed by atoms with Crippen LogP contribution in [0.1, 0.15) is 59.7 Å². The lowest BCUT2D eigenvalue weighted by atomic mass is 9.84. The van der Waals surface area contributed by atoms with Gasteiger partial charge in [0.15, 0.2) is 0 Å². The summed E-state index contributed by atoms with van der Waals surface area (Å²) in [6.07, 6.45) is 3.67. The van der Waals surface area contributed by atoms with Gasteiger partial charge >= 0.3 is 5.97 Å². The number of fused-ring (bicyclic) bond motifs is 3. The van der Waals surface area contributed by atoms with E-state index in [4.69, 9.17) is 10.1 Å². The van der Waals surface area contributed by atoms with Gasteiger partial charge in [0, 0.05) is 40.0 Å². The van der Waals surface area contributed by atoms with Crippen molar-refractivity contribution in [1.29, 1.82) is 0 Å². The zero-order chi connectivity index (χ0) is 23.0. The molecular weight excluding hydrogens is 422 g/mol. The first-order valence-electron chi connectivity index (χ1n) is 11.1. The highest BCUT2D eigenvalue weighted by molar-refractivity contribution is 7.12. The Kier molecular flexibility index (Phi) is 6.12.